The summed E-state index contributed by atoms with van der Waals surface area (Å²) in [5, 5.41) is 4.27. The molecule has 0 fully saturated rings. The van der Waals surface area contributed by atoms with Gasteiger partial charge in [-0.3, -0.25) is 0 Å². The van der Waals surface area contributed by atoms with Gasteiger partial charge in [0, 0.05) is 28.3 Å². The number of hydrogen-bond acceptors (Lipinski definition) is 3. The van der Waals surface area contributed by atoms with Gasteiger partial charge in [-0.2, -0.15) is 0 Å². The van der Waals surface area contributed by atoms with Crippen LogP contribution < -0.4 is 10.1 Å². The second kappa shape index (κ2) is 4.92. The van der Waals surface area contributed by atoms with Crippen LogP contribution >= 0.6 is 15.9 Å². The van der Waals surface area contributed by atoms with Crippen LogP contribution in [0.25, 0.3) is 10.9 Å². The van der Waals surface area contributed by atoms with E-state index >= 15 is 0 Å². The van der Waals surface area contributed by atoms with E-state index in [0.717, 1.165) is 38.9 Å². The van der Waals surface area contributed by atoms with Gasteiger partial charge in [0.25, 0.3) is 0 Å². The number of ether oxygens (including phenoxy) is 1. The highest BCUT2D eigenvalue weighted by atomic mass is 79.9. The Morgan fingerprint density at radius 2 is 2.18 bits per heavy atom. The van der Waals surface area contributed by atoms with E-state index in [0.29, 0.717) is 0 Å². The van der Waals surface area contributed by atoms with Crippen LogP contribution in [0.5, 0.6) is 5.75 Å². The van der Waals surface area contributed by atoms with Gasteiger partial charge in [0.15, 0.2) is 0 Å². The minimum atomic E-state index is 0.801. The molecule has 0 aliphatic rings. The Morgan fingerprint density at radius 1 is 1.41 bits per heavy atom. The van der Waals surface area contributed by atoms with E-state index in [4.69, 9.17) is 4.74 Å². The molecule has 1 aromatic heterocycles. The highest BCUT2D eigenvalue weighted by Crippen LogP contribution is 2.35. The molecule has 2 rings (SSSR count). The number of rotatable bonds is 3. The first kappa shape index (κ1) is 12.2. The fourth-order valence-corrected chi connectivity index (χ4v) is 2.41. The summed E-state index contributed by atoms with van der Waals surface area (Å²) >= 11 is 3.56. The molecule has 3 nitrogen and oxygen atoms in total. The molecule has 0 spiro atoms. The number of benzene rings is 1. The van der Waals surface area contributed by atoms with E-state index < -0.39 is 0 Å². The molecule has 0 saturated carbocycles. The number of fused-ring (bicyclic) bond motifs is 1. The highest BCUT2D eigenvalue weighted by Gasteiger charge is 2.11. The monoisotopic (exact) mass is 294 g/mol. The lowest BCUT2D eigenvalue weighted by Gasteiger charge is -2.12. The molecule has 17 heavy (non-hydrogen) atoms. The zero-order valence-electron chi connectivity index (χ0n) is 10.2. The molecule has 2 aromatic rings. The summed E-state index contributed by atoms with van der Waals surface area (Å²) in [6.07, 6.45) is 0.903. The third-order valence-electron chi connectivity index (χ3n) is 2.78. The number of aryl methyl sites for hydroxylation is 1. The van der Waals surface area contributed by atoms with Gasteiger partial charge in [0.05, 0.1) is 7.11 Å². The van der Waals surface area contributed by atoms with E-state index in [9.17, 15) is 0 Å². The zero-order valence-corrected chi connectivity index (χ0v) is 11.8. The minimum Gasteiger partial charge on any atom is -0.494 e. The van der Waals surface area contributed by atoms with Crippen LogP contribution in [0.1, 0.15) is 12.6 Å². The first-order valence-corrected chi connectivity index (χ1v) is 6.34. The van der Waals surface area contributed by atoms with Gasteiger partial charge < -0.3 is 10.1 Å². The van der Waals surface area contributed by atoms with Crippen molar-refractivity contribution in [2.75, 3.05) is 19.5 Å². The number of nitrogens with zero attached hydrogens (tertiary/aromatic N) is 1. The lowest BCUT2D eigenvalue weighted by atomic mass is 10.1. The van der Waals surface area contributed by atoms with Crippen LogP contribution in [0.15, 0.2) is 22.7 Å². The Kier molecular flexibility index (Phi) is 3.52. The van der Waals surface area contributed by atoms with Gasteiger partial charge in [-0.05, 0) is 24.6 Å². The topological polar surface area (TPSA) is 34.1 Å². The van der Waals surface area contributed by atoms with Crippen molar-refractivity contribution >= 4 is 32.5 Å². The maximum Gasteiger partial charge on any atom is 0.145 e. The van der Waals surface area contributed by atoms with Gasteiger partial charge in [-0.25, -0.2) is 4.98 Å². The Balaban J connectivity index is 2.86. The van der Waals surface area contributed by atoms with Crippen molar-refractivity contribution in [2.24, 2.45) is 0 Å². The van der Waals surface area contributed by atoms with Crippen LogP contribution in [0, 0.1) is 0 Å². The maximum atomic E-state index is 5.37. The Morgan fingerprint density at radius 3 is 2.76 bits per heavy atom. The number of aromatic nitrogens is 1. The fourth-order valence-electron chi connectivity index (χ4n) is 1.87. The molecule has 0 aliphatic heterocycles. The molecule has 0 aliphatic carbocycles. The molecule has 0 radical (unpaired) electrons. The maximum absolute atomic E-state index is 5.37. The van der Waals surface area contributed by atoms with Crippen molar-refractivity contribution in [3.05, 3.63) is 28.4 Å². The van der Waals surface area contributed by atoms with Crippen LogP contribution in [0.2, 0.25) is 0 Å². The van der Waals surface area contributed by atoms with Crippen molar-refractivity contribution in [3.8, 4) is 5.75 Å². The molecule has 0 bridgehead atoms. The quantitative estimate of drug-likeness (QED) is 0.939. The first-order chi connectivity index (χ1) is 8.21. The molecule has 4 heteroatoms. The Hall–Kier alpha value is -1.29. The van der Waals surface area contributed by atoms with Crippen LogP contribution in [-0.2, 0) is 6.42 Å². The summed E-state index contributed by atoms with van der Waals surface area (Å²) in [4.78, 5) is 4.64. The van der Waals surface area contributed by atoms with Gasteiger partial charge >= 0.3 is 0 Å². The summed E-state index contributed by atoms with van der Waals surface area (Å²) < 4.78 is 6.39. The molecule has 90 valence electrons. The number of halogens is 1. The molecule has 0 unspecified atom stereocenters. The zero-order chi connectivity index (χ0) is 12.4. The molecular weight excluding hydrogens is 280 g/mol. The summed E-state index contributed by atoms with van der Waals surface area (Å²) in [6, 6.07) is 5.99. The van der Waals surface area contributed by atoms with Crippen molar-refractivity contribution in [1.29, 1.82) is 0 Å². The summed E-state index contributed by atoms with van der Waals surface area (Å²) in [5.74, 6) is 0.801. The summed E-state index contributed by atoms with van der Waals surface area (Å²) in [5.41, 5.74) is 3.02. The molecule has 0 amide bonds. The third-order valence-corrected chi connectivity index (χ3v) is 3.44. The average molecular weight is 295 g/mol. The van der Waals surface area contributed by atoms with E-state index in [1.54, 1.807) is 7.11 Å². The van der Waals surface area contributed by atoms with E-state index in [1.165, 1.54) is 0 Å². The minimum absolute atomic E-state index is 0.801. The van der Waals surface area contributed by atoms with Crippen molar-refractivity contribution in [1.82, 2.24) is 4.98 Å². The highest BCUT2D eigenvalue weighted by molar-refractivity contribution is 9.10. The fraction of sp³-hybridized carbons (Fsp3) is 0.308. The van der Waals surface area contributed by atoms with E-state index in [1.807, 2.05) is 19.2 Å². The standard InChI is InChI=1S/C13H15BrN2O/c1-4-8-7-10(15-2)12-9(14)5-6-11(17-3)13(12)16-8/h5-7H,4H2,1-3H3,(H,15,16). The molecule has 1 N–H and O–H groups in total. The summed E-state index contributed by atoms with van der Waals surface area (Å²) in [7, 11) is 3.59. The van der Waals surface area contributed by atoms with Gasteiger partial charge in [-0.15, -0.1) is 0 Å². The van der Waals surface area contributed by atoms with E-state index in [-0.39, 0.29) is 0 Å². The van der Waals surface area contributed by atoms with Crippen LogP contribution in [-0.4, -0.2) is 19.1 Å². The van der Waals surface area contributed by atoms with Gasteiger partial charge in [0.2, 0.25) is 0 Å². The van der Waals surface area contributed by atoms with Crippen LogP contribution in [0.4, 0.5) is 5.69 Å². The molecule has 0 saturated heterocycles. The molecule has 0 atom stereocenters. The molecule has 1 heterocycles. The van der Waals surface area contributed by atoms with Crippen molar-refractivity contribution in [2.45, 2.75) is 13.3 Å². The van der Waals surface area contributed by atoms with E-state index in [2.05, 4.69) is 39.2 Å². The van der Waals surface area contributed by atoms with Gasteiger partial charge in [0.1, 0.15) is 11.3 Å². The molecule has 1 aromatic carbocycles. The largest absolute Gasteiger partial charge is 0.494 e. The Bertz CT molecular complexity index is 555. The summed E-state index contributed by atoms with van der Waals surface area (Å²) in [6.45, 7) is 2.10. The number of hydrogen-bond donors (Lipinski definition) is 1. The molecular formula is C13H15BrN2O. The van der Waals surface area contributed by atoms with Crippen molar-refractivity contribution in [3.63, 3.8) is 0 Å². The van der Waals surface area contributed by atoms with Crippen molar-refractivity contribution < 1.29 is 4.74 Å². The number of anilines is 1. The predicted molar refractivity (Wildman–Crippen MR) is 74.9 cm³/mol. The second-order valence-electron chi connectivity index (χ2n) is 3.74. The normalized spacial score (nSPS) is 10.6. The number of pyridine rings is 1. The smallest absolute Gasteiger partial charge is 0.145 e. The SMILES string of the molecule is CCc1cc(NC)c2c(Br)ccc(OC)c2n1. The lowest BCUT2D eigenvalue weighted by molar-refractivity contribution is 0.418. The third kappa shape index (κ3) is 2.09. The average Bonchev–Trinajstić information content (AvgIpc) is 2.37. The van der Waals surface area contributed by atoms with Gasteiger partial charge in [-0.1, -0.05) is 22.9 Å². The second-order valence-corrected chi connectivity index (χ2v) is 4.59. The number of methoxy groups -OCH3 is 1. The lowest BCUT2D eigenvalue weighted by Crippen LogP contribution is -1.98. The predicted octanol–water partition coefficient (Wildman–Crippen LogP) is 3.61. The number of nitrogens with one attached hydrogen (secondary N) is 1. The van der Waals surface area contributed by atoms with Crippen LogP contribution in [0.3, 0.4) is 0 Å². The Labute approximate surface area is 109 Å². The first-order valence-electron chi connectivity index (χ1n) is 5.55.